The summed E-state index contributed by atoms with van der Waals surface area (Å²) in [6.45, 7) is 6.65. The molecule has 0 radical (unpaired) electrons. The minimum absolute atomic E-state index is 0.0840. The molecule has 0 bridgehead atoms. The summed E-state index contributed by atoms with van der Waals surface area (Å²) < 4.78 is 19.6. The van der Waals surface area contributed by atoms with Crippen LogP contribution in [0.5, 0.6) is 5.75 Å². The molecule has 1 atom stereocenters. The van der Waals surface area contributed by atoms with Gasteiger partial charge in [0.25, 0.3) is 0 Å². The normalized spacial score (nSPS) is 20.6. The van der Waals surface area contributed by atoms with Crippen molar-refractivity contribution in [2.24, 2.45) is 5.41 Å². The van der Waals surface area contributed by atoms with Gasteiger partial charge in [0.05, 0.1) is 6.10 Å². The highest BCUT2D eigenvalue weighted by atomic mass is 19.1. The second-order valence-corrected chi connectivity index (χ2v) is 6.67. The van der Waals surface area contributed by atoms with Gasteiger partial charge in [0.15, 0.2) is 0 Å². The Balaban J connectivity index is 2.09. The molecule has 1 aliphatic rings. The number of hydrogen-bond donors (Lipinski definition) is 1. The van der Waals surface area contributed by atoms with Gasteiger partial charge in [-0.1, -0.05) is 13.8 Å². The van der Waals surface area contributed by atoms with Crippen LogP contribution in [0.2, 0.25) is 0 Å². The molecule has 0 heterocycles. The Bertz CT molecular complexity index is 448. The number of nitrogens with one attached hydrogen (secondary N) is 1. The molecule has 1 aromatic rings. The molecule has 0 saturated heterocycles. The summed E-state index contributed by atoms with van der Waals surface area (Å²) in [4.78, 5) is 0. The number of ether oxygens (including phenoxy) is 1. The molecule has 2 nitrogen and oxygen atoms in total. The second-order valence-electron chi connectivity index (χ2n) is 6.67. The molecule has 1 N–H and O–H groups in total. The van der Waals surface area contributed by atoms with Crippen LogP contribution in [0.15, 0.2) is 18.2 Å². The van der Waals surface area contributed by atoms with E-state index in [1.807, 2.05) is 14.0 Å². The smallest absolute Gasteiger partial charge is 0.124 e. The summed E-state index contributed by atoms with van der Waals surface area (Å²) in [6, 6.07) is 4.90. The van der Waals surface area contributed by atoms with E-state index in [9.17, 15) is 4.39 Å². The lowest BCUT2D eigenvalue weighted by molar-refractivity contribution is 0.0974. The molecule has 3 heteroatoms. The van der Waals surface area contributed by atoms with Crippen molar-refractivity contribution in [3.05, 3.63) is 29.6 Å². The first-order valence-corrected chi connectivity index (χ1v) is 7.55. The number of benzene rings is 1. The minimum atomic E-state index is -0.209. The quantitative estimate of drug-likeness (QED) is 0.879. The van der Waals surface area contributed by atoms with Crippen molar-refractivity contribution >= 4 is 0 Å². The van der Waals surface area contributed by atoms with Gasteiger partial charge in [-0.2, -0.15) is 0 Å². The molecule has 2 rings (SSSR count). The highest BCUT2D eigenvalue weighted by Gasteiger charge is 2.28. The van der Waals surface area contributed by atoms with Crippen molar-refractivity contribution in [1.29, 1.82) is 0 Å². The van der Waals surface area contributed by atoms with Gasteiger partial charge < -0.3 is 10.1 Å². The predicted molar refractivity (Wildman–Crippen MR) is 80.5 cm³/mol. The first kappa shape index (κ1) is 15.3. The zero-order valence-corrected chi connectivity index (χ0v) is 13.0. The van der Waals surface area contributed by atoms with Gasteiger partial charge >= 0.3 is 0 Å². The molecule has 0 spiro atoms. The topological polar surface area (TPSA) is 21.3 Å². The van der Waals surface area contributed by atoms with Crippen molar-refractivity contribution in [2.45, 2.75) is 58.6 Å². The lowest BCUT2D eigenvalue weighted by Gasteiger charge is -2.34. The van der Waals surface area contributed by atoms with E-state index in [2.05, 4.69) is 19.2 Å². The molecule has 0 aliphatic heterocycles. The number of rotatable bonds is 4. The van der Waals surface area contributed by atoms with Gasteiger partial charge in [-0.15, -0.1) is 0 Å². The molecule has 20 heavy (non-hydrogen) atoms. The minimum Gasteiger partial charge on any atom is -0.490 e. The summed E-state index contributed by atoms with van der Waals surface area (Å²) in [5.74, 6) is 0.609. The van der Waals surface area contributed by atoms with Gasteiger partial charge in [0, 0.05) is 11.6 Å². The number of halogens is 1. The van der Waals surface area contributed by atoms with Gasteiger partial charge in [0.2, 0.25) is 0 Å². The third-order valence-electron chi connectivity index (χ3n) is 4.45. The third-order valence-corrected chi connectivity index (χ3v) is 4.45. The van der Waals surface area contributed by atoms with Crippen LogP contribution in [0, 0.1) is 11.2 Å². The average Bonchev–Trinajstić information content (AvgIpc) is 2.42. The fourth-order valence-electron chi connectivity index (χ4n) is 2.79. The van der Waals surface area contributed by atoms with E-state index in [1.165, 1.54) is 18.9 Å². The highest BCUT2D eigenvalue weighted by Crippen LogP contribution is 2.37. The molecular formula is C17H26FNO. The Kier molecular flexibility index (Phi) is 4.69. The van der Waals surface area contributed by atoms with Crippen molar-refractivity contribution in [1.82, 2.24) is 5.32 Å². The predicted octanol–water partition coefficient (Wildman–Crippen LogP) is 4.45. The molecule has 1 fully saturated rings. The average molecular weight is 279 g/mol. The number of hydrogen-bond acceptors (Lipinski definition) is 2. The molecule has 1 saturated carbocycles. The zero-order valence-electron chi connectivity index (χ0n) is 13.0. The van der Waals surface area contributed by atoms with Crippen molar-refractivity contribution in [3.8, 4) is 5.75 Å². The molecule has 0 amide bonds. The molecular weight excluding hydrogens is 253 g/mol. The lowest BCUT2D eigenvalue weighted by Crippen LogP contribution is -2.29. The van der Waals surface area contributed by atoms with Crippen molar-refractivity contribution in [2.75, 3.05) is 7.05 Å². The van der Waals surface area contributed by atoms with Crippen LogP contribution < -0.4 is 10.1 Å². The van der Waals surface area contributed by atoms with Crippen LogP contribution in [0.3, 0.4) is 0 Å². The first-order valence-electron chi connectivity index (χ1n) is 7.55. The standard InChI is InChI=1S/C17H26FNO/c1-12(19-4)15-11-13(18)5-6-16(15)20-14-7-9-17(2,3)10-8-14/h5-6,11-12,14,19H,7-10H2,1-4H3. The van der Waals surface area contributed by atoms with Crippen LogP contribution in [-0.4, -0.2) is 13.2 Å². The monoisotopic (exact) mass is 279 g/mol. The van der Waals surface area contributed by atoms with E-state index in [-0.39, 0.29) is 18.0 Å². The van der Waals surface area contributed by atoms with E-state index >= 15 is 0 Å². The third kappa shape index (κ3) is 3.72. The maximum atomic E-state index is 13.4. The Morgan fingerprint density at radius 1 is 1.30 bits per heavy atom. The fourth-order valence-corrected chi connectivity index (χ4v) is 2.79. The van der Waals surface area contributed by atoms with Crippen LogP contribution in [0.25, 0.3) is 0 Å². The second kappa shape index (κ2) is 6.13. The van der Waals surface area contributed by atoms with Crippen LogP contribution in [0.1, 0.15) is 58.1 Å². The van der Waals surface area contributed by atoms with Gasteiger partial charge in [0.1, 0.15) is 11.6 Å². The summed E-state index contributed by atoms with van der Waals surface area (Å²) in [6.07, 6.45) is 4.80. The summed E-state index contributed by atoms with van der Waals surface area (Å²) in [7, 11) is 1.88. The first-order chi connectivity index (χ1) is 9.41. The highest BCUT2D eigenvalue weighted by molar-refractivity contribution is 5.36. The Morgan fingerprint density at radius 3 is 2.55 bits per heavy atom. The van der Waals surface area contributed by atoms with Gasteiger partial charge in [-0.3, -0.25) is 0 Å². The summed E-state index contributed by atoms with van der Waals surface area (Å²) in [5.41, 5.74) is 1.33. The maximum absolute atomic E-state index is 13.4. The van der Waals surface area contributed by atoms with E-state index in [1.54, 1.807) is 12.1 Å². The van der Waals surface area contributed by atoms with E-state index in [4.69, 9.17) is 4.74 Å². The van der Waals surface area contributed by atoms with Crippen LogP contribution in [-0.2, 0) is 0 Å². The molecule has 112 valence electrons. The van der Waals surface area contributed by atoms with Crippen LogP contribution >= 0.6 is 0 Å². The molecule has 0 aromatic heterocycles. The molecule has 1 unspecified atom stereocenters. The fraction of sp³-hybridized carbons (Fsp3) is 0.647. The Hall–Kier alpha value is -1.09. The van der Waals surface area contributed by atoms with Crippen molar-refractivity contribution in [3.63, 3.8) is 0 Å². The SMILES string of the molecule is CNC(C)c1cc(F)ccc1OC1CCC(C)(C)CC1. The van der Waals surface area contributed by atoms with Gasteiger partial charge in [-0.25, -0.2) is 4.39 Å². The summed E-state index contributed by atoms with van der Waals surface area (Å²) in [5, 5.41) is 3.15. The Morgan fingerprint density at radius 2 is 1.95 bits per heavy atom. The lowest BCUT2D eigenvalue weighted by atomic mass is 9.76. The van der Waals surface area contributed by atoms with E-state index < -0.39 is 0 Å². The largest absolute Gasteiger partial charge is 0.490 e. The molecule has 1 aliphatic carbocycles. The van der Waals surface area contributed by atoms with Gasteiger partial charge in [-0.05, 0) is 63.3 Å². The Labute approximate surface area is 121 Å². The maximum Gasteiger partial charge on any atom is 0.124 e. The van der Waals surface area contributed by atoms with Crippen molar-refractivity contribution < 1.29 is 9.13 Å². The summed E-state index contributed by atoms with van der Waals surface area (Å²) >= 11 is 0. The van der Waals surface area contributed by atoms with Crippen LogP contribution in [0.4, 0.5) is 4.39 Å². The van der Waals surface area contributed by atoms with E-state index in [0.717, 1.165) is 24.2 Å². The van der Waals surface area contributed by atoms with E-state index in [0.29, 0.717) is 5.41 Å². The zero-order chi connectivity index (χ0) is 14.8. The molecule has 1 aromatic carbocycles.